The summed E-state index contributed by atoms with van der Waals surface area (Å²) in [5.41, 5.74) is 2.45. The van der Waals surface area contributed by atoms with Gasteiger partial charge in [-0.2, -0.15) is 0 Å². The highest BCUT2D eigenvalue weighted by molar-refractivity contribution is 6.18. The molecule has 1 unspecified atom stereocenters. The highest BCUT2D eigenvalue weighted by Crippen LogP contribution is 2.20. The summed E-state index contributed by atoms with van der Waals surface area (Å²) in [5.74, 6) is 0.549. The van der Waals surface area contributed by atoms with Crippen LogP contribution in [0.5, 0.6) is 0 Å². The zero-order valence-electron chi connectivity index (χ0n) is 10.7. The lowest BCUT2D eigenvalue weighted by atomic mass is 10.00. The standard InChI is InChI=1S/C16H17ClN2/c17-10-4-5-11-19-16(14-6-2-1-3-7-14)15-8-12-18-13-9-15/h1-9,12-13,16,19H,10-11H2/b5-4+. The number of pyridine rings is 1. The Hall–Kier alpha value is -1.64. The van der Waals surface area contributed by atoms with Gasteiger partial charge in [0.25, 0.3) is 0 Å². The first kappa shape index (κ1) is 13.8. The Labute approximate surface area is 119 Å². The molecule has 3 heteroatoms. The van der Waals surface area contributed by atoms with Crippen LogP contribution in [0.1, 0.15) is 17.2 Å². The molecule has 1 atom stereocenters. The highest BCUT2D eigenvalue weighted by atomic mass is 35.5. The van der Waals surface area contributed by atoms with Gasteiger partial charge >= 0.3 is 0 Å². The molecule has 1 heterocycles. The third-order valence-corrected chi connectivity index (χ3v) is 3.05. The van der Waals surface area contributed by atoms with Gasteiger partial charge < -0.3 is 5.32 Å². The summed E-state index contributed by atoms with van der Waals surface area (Å²) >= 11 is 5.63. The van der Waals surface area contributed by atoms with E-state index in [-0.39, 0.29) is 6.04 Å². The predicted molar refractivity (Wildman–Crippen MR) is 80.4 cm³/mol. The van der Waals surface area contributed by atoms with Gasteiger partial charge in [0.2, 0.25) is 0 Å². The average Bonchev–Trinajstić information content (AvgIpc) is 2.49. The number of allylic oxidation sites excluding steroid dienone is 1. The third kappa shape index (κ3) is 4.19. The average molecular weight is 273 g/mol. The van der Waals surface area contributed by atoms with Crippen LogP contribution in [0, 0.1) is 0 Å². The first-order valence-electron chi connectivity index (χ1n) is 6.31. The van der Waals surface area contributed by atoms with E-state index in [9.17, 15) is 0 Å². The number of hydrogen-bond donors (Lipinski definition) is 1. The zero-order chi connectivity index (χ0) is 13.3. The van der Waals surface area contributed by atoms with Crippen molar-refractivity contribution >= 4 is 11.6 Å². The van der Waals surface area contributed by atoms with E-state index in [2.05, 4.69) is 34.6 Å². The maximum absolute atomic E-state index is 5.63. The highest BCUT2D eigenvalue weighted by Gasteiger charge is 2.11. The van der Waals surface area contributed by atoms with Crippen LogP contribution in [0.2, 0.25) is 0 Å². The molecular weight excluding hydrogens is 256 g/mol. The first-order valence-corrected chi connectivity index (χ1v) is 6.84. The number of alkyl halides is 1. The fourth-order valence-electron chi connectivity index (χ4n) is 1.96. The maximum atomic E-state index is 5.63. The minimum atomic E-state index is 0.171. The summed E-state index contributed by atoms with van der Waals surface area (Å²) in [5, 5.41) is 3.51. The van der Waals surface area contributed by atoms with Gasteiger partial charge in [-0.25, -0.2) is 0 Å². The minimum absolute atomic E-state index is 0.171. The molecule has 1 N–H and O–H groups in total. The molecule has 0 bridgehead atoms. The summed E-state index contributed by atoms with van der Waals surface area (Å²) in [4.78, 5) is 4.07. The summed E-state index contributed by atoms with van der Waals surface area (Å²) in [6.45, 7) is 0.786. The van der Waals surface area contributed by atoms with Crippen molar-refractivity contribution in [2.45, 2.75) is 6.04 Å². The molecule has 2 aromatic rings. The Balaban J connectivity index is 2.17. The van der Waals surface area contributed by atoms with Gasteiger partial charge in [-0.05, 0) is 23.3 Å². The molecule has 0 amide bonds. The molecule has 0 saturated heterocycles. The van der Waals surface area contributed by atoms with E-state index in [1.807, 2.05) is 42.7 Å². The van der Waals surface area contributed by atoms with Gasteiger partial charge in [0.05, 0.1) is 6.04 Å². The van der Waals surface area contributed by atoms with Crippen LogP contribution in [-0.2, 0) is 0 Å². The molecule has 0 aliphatic heterocycles. The molecule has 0 fully saturated rings. The SMILES string of the molecule is ClC/C=C/CNC(c1ccccc1)c1ccncc1. The van der Waals surface area contributed by atoms with Gasteiger partial charge in [-0.1, -0.05) is 42.5 Å². The Kier molecular flexibility index (Phi) is 5.60. The molecule has 0 aliphatic carbocycles. The van der Waals surface area contributed by atoms with Crippen LogP contribution in [0.25, 0.3) is 0 Å². The van der Waals surface area contributed by atoms with Crippen molar-refractivity contribution in [3.63, 3.8) is 0 Å². The van der Waals surface area contributed by atoms with Crippen LogP contribution >= 0.6 is 11.6 Å². The van der Waals surface area contributed by atoms with Crippen molar-refractivity contribution in [2.75, 3.05) is 12.4 Å². The summed E-state index contributed by atoms with van der Waals surface area (Å²) in [6.07, 6.45) is 7.64. The van der Waals surface area contributed by atoms with Gasteiger partial charge in [0.15, 0.2) is 0 Å². The second-order valence-corrected chi connectivity index (χ2v) is 4.47. The van der Waals surface area contributed by atoms with Crippen molar-refractivity contribution in [3.8, 4) is 0 Å². The number of halogens is 1. The molecule has 19 heavy (non-hydrogen) atoms. The van der Waals surface area contributed by atoms with Crippen molar-refractivity contribution in [2.24, 2.45) is 0 Å². The van der Waals surface area contributed by atoms with E-state index in [1.54, 1.807) is 0 Å². The lowest BCUT2D eigenvalue weighted by Crippen LogP contribution is -2.22. The Morgan fingerprint density at radius 2 is 1.68 bits per heavy atom. The van der Waals surface area contributed by atoms with Crippen LogP contribution in [0.15, 0.2) is 67.0 Å². The van der Waals surface area contributed by atoms with E-state index >= 15 is 0 Å². The van der Waals surface area contributed by atoms with Crippen molar-refractivity contribution in [1.82, 2.24) is 10.3 Å². The van der Waals surface area contributed by atoms with Crippen molar-refractivity contribution in [1.29, 1.82) is 0 Å². The summed E-state index contributed by atoms with van der Waals surface area (Å²) in [6, 6.07) is 14.6. The van der Waals surface area contributed by atoms with Gasteiger partial charge in [0, 0.05) is 24.8 Å². The molecule has 2 nitrogen and oxygen atoms in total. The molecule has 0 spiro atoms. The normalized spacial score (nSPS) is 12.7. The second kappa shape index (κ2) is 7.72. The van der Waals surface area contributed by atoms with Gasteiger partial charge in [-0.3, -0.25) is 4.98 Å². The molecule has 0 aliphatic rings. The first-order chi connectivity index (χ1) is 9.42. The van der Waals surface area contributed by atoms with E-state index in [0.717, 1.165) is 6.54 Å². The minimum Gasteiger partial charge on any atom is -0.303 e. The van der Waals surface area contributed by atoms with Crippen molar-refractivity contribution < 1.29 is 0 Å². The molecule has 2 rings (SSSR count). The topological polar surface area (TPSA) is 24.9 Å². The molecule has 98 valence electrons. The fourth-order valence-corrected chi connectivity index (χ4v) is 2.09. The van der Waals surface area contributed by atoms with Gasteiger partial charge in [-0.15, -0.1) is 11.6 Å². The van der Waals surface area contributed by atoms with E-state index in [4.69, 9.17) is 11.6 Å². The molecule has 0 saturated carbocycles. The summed E-state index contributed by atoms with van der Waals surface area (Å²) < 4.78 is 0. The monoisotopic (exact) mass is 272 g/mol. The second-order valence-electron chi connectivity index (χ2n) is 4.16. The quantitative estimate of drug-likeness (QED) is 0.642. The van der Waals surface area contributed by atoms with Crippen LogP contribution in [0.4, 0.5) is 0 Å². The largest absolute Gasteiger partial charge is 0.303 e. The number of benzene rings is 1. The van der Waals surface area contributed by atoms with Gasteiger partial charge in [0.1, 0.15) is 0 Å². The van der Waals surface area contributed by atoms with Crippen LogP contribution in [-0.4, -0.2) is 17.4 Å². The fraction of sp³-hybridized carbons (Fsp3) is 0.188. The van der Waals surface area contributed by atoms with Crippen LogP contribution < -0.4 is 5.32 Å². The lowest BCUT2D eigenvalue weighted by Gasteiger charge is -2.18. The predicted octanol–water partition coefficient (Wildman–Crippen LogP) is 3.56. The lowest BCUT2D eigenvalue weighted by molar-refractivity contribution is 0.651. The molecular formula is C16H17ClN2. The molecule has 1 aromatic heterocycles. The van der Waals surface area contributed by atoms with E-state index in [0.29, 0.717) is 5.88 Å². The number of rotatable bonds is 6. The smallest absolute Gasteiger partial charge is 0.0580 e. The number of hydrogen-bond acceptors (Lipinski definition) is 2. The van der Waals surface area contributed by atoms with Crippen LogP contribution in [0.3, 0.4) is 0 Å². The Morgan fingerprint density at radius 1 is 1.00 bits per heavy atom. The molecule has 0 radical (unpaired) electrons. The Morgan fingerprint density at radius 3 is 2.37 bits per heavy atom. The number of aromatic nitrogens is 1. The van der Waals surface area contributed by atoms with Crippen molar-refractivity contribution in [3.05, 3.63) is 78.1 Å². The molecule has 1 aromatic carbocycles. The summed E-state index contributed by atoms with van der Waals surface area (Å²) in [7, 11) is 0. The zero-order valence-corrected chi connectivity index (χ0v) is 11.4. The number of nitrogens with one attached hydrogen (secondary N) is 1. The van der Waals surface area contributed by atoms with E-state index in [1.165, 1.54) is 11.1 Å². The third-order valence-electron chi connectivity index (χ3n) is 2.87. The van der Waals surface area contributed by atoms with E-state index < -0.39 is 0 Å². The number of nitrogens with zero attached hydrogens (tertiary/aromatic N) is 1. The maximum Gasteiger partial charge on any atom is 0.0580 e. The Bertz CT molecular complexity index is 457.